The number of hydrogen-bond acceptors (Lipinski definition) is 3. The Bertz CT molecular complexity index is 1020. The van der Waals surface area contributed by atoms with Crippen LogP contribution in [0.2, 0.25) is 0 Å². The third-order valence-electron chi connectivity index (χ3n) is 4.66. The summed E-state index contributed by atoms with van der Waals surface area (Å²) in [6.45, 7) is 0. The Balaban J connectivity index is 1.57. The first kappa shape index (κ1) is 16.6. The smallest absolute Gasteiger partial charge is 0.335 e. The number of benzene rings is 2. The van der Waals surface area contributed by atoms with Crippen LogP contribution in [0.1, 0.15) is 51.8 Å². The molecule has 3 aromatic rings. The van der Waals surface area contributed by atoms with E-state index < -0.39 is 5.97 Å². The average Bonchev–Trinajstić information content (AvgIpc) is 3.07. The number of carboxylic acids is 1. The highest BCUT2D eigenvalue weighted by Crippen LogP contribution is 2.36. The molecular formula is C22H17NO2S. The van der Waals surface area contributed by atoms with Crippen LogP contribution in [-0.2, 0) is 0 Å². The van der Waals surface area contributed by atoms with Crippen molar-refractivity contribution in [1.29, 1.82) is 0 Å². The summed E-state index contributed by atoms with van der Waals surface area (Å²) in [4.78, 5) is 15.8. The lowest BCUT2D eigenvalue weighted by Crippen LogP contribution is -2.08. The summed E-state index contributed by atoms with van der Waals surface area (Å²) in [5, 5.41) is 12.1. The molecule has 128 valence electrons. The van der Waals surface area contributed by atoms with Gasteiger partial charge in [-0.3, -0.25) is 0 Å². The van der Waals surface area contributed by atoms with Gasteiger partial charge in [-0.15, -0.1) is 11.3 Å². The number of aromatic carboxylic acids is 1. The Morgan fingerprint density at radius 2 is 1.85 bits per heavy atom. The molecule has 1 fully saturated rings. The Labute approximate surface area is 156 Å². The molecule has 0 spiro atoms. The van der Waals surface area contributed by atoms with Crippen LogP contribution in [0.5, 0.6) is 0 Å². The van der Waals surface area contributed by atoms with E-state index in [2.05, 4.69) is 22.2 Å². The van der Waals surface area contributed by atoms with E-state index >= 15 is 0 Å². The summed E-state index contributed by atoms with van der Waals surface area (Å²) >= 11 is 1.60. The monoisotopic (exact) mass is 359 g/mol. The van der Waals surface area contributed by atoms with Gasteiger partial charge in [-0.1, -0.05) is 36.6 Å². The lowest BCUT2D eigenvalue weighted by molar-refractivity contribution is 0.0697. The van der Waals surface area contributed by atoms with Crippen LogP contribution in [0.4, 0.5) is 0 Å². The molecule has 0 bridgehead atoms. The van der Waals surface area contributed by atoms with Crippen molar-refractivity contribution in [3.8, 4) is 23.0 Å². The third-order valence-corrected chi connectivity index (χ3v) is 5.44. The highest BCUT2D eigenvalue weighted by Gasteiger charge is 2.21. The van der Waals surface area contributed by atoms with E-state index in [1.807, 2.05) is 30.3 Å². The van der Waals surface area contributed by atoms with Crippen molar-refractivity contribution in [2.75, 3.05) is 0 Å². The molecule has 1 aliphatic carbocycles. The van der Waals surface area contributed by atoms with Crippen molar-refractivity contribution in [3.05, 3.63) is 75.7 Å². The molecule has 0 radical (unpaired) electrons. The lowest BCUT2D eigenvalue weighted by atomic mass is 9.83. The highest BCUT2D eigenvalue weighted by atomic mass is 32.1. The minimum Gasteiger partial charge on any atom is -0.478 e. The second-order valence-electron chi connectivity index (χ2n) is 6.42. The van der Waals surface area contributed by atoms with E-state index in [0.717, 1.165) is 21.7 Å². The summed E-state index contributed by atoms with van der Waals surface area (Å²) in [5.41, 5.74) is 4.18. The van der Waals surface area contributed by atoms with Gasteiger partial charge < -0.3 is 5.11 Å². The number of thiazole rings is 1. The molecule has 1 saturated carbocycles. The predicted octanol–water partition coefficient (Wildman–Crippen LogP) is 5.18. The van der Waals surface area contributed by atoms with Crippen molar-refractivity contribution < 1.29 is 9.90 Å². The molecule has 26 heavy (non-hydrogen) atoms. The molecule has 1 aromatic heterocycles. The summed E-state index contributed by atoms with van der Waals surface area (Å²) in [6.07, 6.45) is 3.79. The van der Waals surface area contributed by atoms with E-state index in [9.17, 15) is 4.79 Å². The van der Waals surface area contributed by atoms with Gasteiger partial charge in [-0.25, -0.2) is 9.78 Å². The van der Waals surface area contributed by atoms with Crippen molar-refractivity contribution in [1.82, 2.24) is 4.98 Å². The standard InChI is InChI=1S/C22H17NO2S/c24-22(25)19-9-3-8-18(13-19)17-7-1-4-15(12-17)10-11-21-23-20(14-26-21)16-5-2-6-16/h1,3-4,7-9,12-14,16H,2,5-6H2,(H,24,25). The van der Waals surface area contributed by atoms with Gasteiger partial charge in [0, 0.05) is 16.9 Å². The molecule has 1 heterocycles. The van der Waals surface area contributed by atoms with Crippen molar-refractivity contribution in [2.45, 2.75) is 25.2 Å². The number of aromatic nitrogens is 1. The fourth-order valence-electron chi connectivity index (χ4n) is 2.97. The third kappa shape index (κ3) is 3.54. The molecule has 0 unspecified atom stereocenters. The van der Waals surface area contributed by atoms with Gasteiger partial charge in [0.25, 0.3) is 0 Å². The van der Waals surface area contributed by atoms with Crippen LogP contribution < -0.4 is 0 Å². The van der Waals surface area contributed by atoms with E-state index in [1.54, 1.807) is 29.5 Å². The Kier molecular flexibility index (Phi) is 4.55. The van der Waals surface area contributed by atoms with Crippen LogP contribution in [-0.4, -0.2) is 16.1 Å². The molecule has 0 aliphatic heterocycles. The van der Waals surface area contributed by atoms with Gasteiger partial charge >= 0.3 is 5.97 Å². The van der Waals surface area contributed by atoms with Gasteiger partial charge in [0.1, 0.15) is 0 Å². The molecule has 4 heteroatoms. The zero-order chi connectivity index (χ0) is 17.9. The largest absolute Gasteiger partial charge is 0.478 e. The topological polar surface area (TPSA) is 50.2 Å². The van der Waals surface area contributed by atoms with Gasteiger partial charge in [0.15, 0.2) is 5.01 Å². The first-order valence-corrected chi connectivity index (χ1v) is 9.48. The lowest BCUT2D eigenvalue weighted by Gasteiger charge is -2.22. The SMILES string of the molecule is O=C(O)c1cccc(-c2cccc(C#Cc3nc(C4CCC4)cs3)c2)c1. The van der Waals surface area contributed by atoms with Crippen molar-refractivity contribution in [3.63, 3.8) is 0 Å². The minimum atomic E-state index is -0.922. The molecule has 3 nitrogen and oxygen atoms in total. The zero-order valence-corrected chi connectivity index (χ0v) is 14.9. The maximum atomic E-state index is 11.2. The van der Waals surface area contributed by atoms with E-state index in [1.165, 1.54) is 25.0 Å². The van der Waals surface area contributed by atoms with Gasteiger partial charge in [0.05, 0.1) is 11.3 Å². The van der Waals surface area contributed by atoms with Crippen LogP contribution in [0.3, 0.4) is 0 Å². The number of rotatable bonds is 3. The number of carbonyl (C=O) groups is 1. The van der Waals surface area contributed by atoms with Crippen LogP contribution in [0.25, 0.3) is 11.1 Å². The van der Waals surface area contributed by atoms with Gasteiger partial charge in [0.2, 0.25) is 0 Å². The summed E-state index contributed by atoms with van der Waals surface area (Å²) in [7, 11) is 0. The molecule has 1 aliphatic rings. The average molecular weight is 359 g/mol. The van der Waals surface area contributed by atoms with Crippen molar-refractivity contribution >= 4 is 17.3 Å². The minimum absolute atomic E-state index is 0.283. The van der Waals surface area contributed by atoms with Crippen LogP contribution in [0, 0.1) is 11.8 Å². The highest BCUT2D eigenvalue weighted by molar-refractivity contribution is 7.10. The second-order valence-corrected chi connectivity index (χ2v) is 7.28. The second kappa shape index (κ2) is 7.15. The first-order valence-electron chi connectivity index (χ1n) is 8.60. The van der Waals surface area contributed by atoms with Crippen molar-refractivity contribution in [2.24, 2.45) is 0 Å². The fourth-order valence-corrected chi connectivity index (χ4v) is 3.71. The fraction of sp³-hybridized carbons (Fsp3) is 0.182. The van der Waals surface area contributed by atoms with E-state index in [4.69, 9.17) is 5.11 Å². The Morgan fingerprint density at radius 3 is 2.58 bits per heavy atom. The molecule has 0 saturated heterocycles. The quantitative estimate of drug-likeness (QED) is 0.656. The number of hydrogen-bond donors (Lipinski definition) is 1. The molecule has 0 amide bonds. The first-order chi connectivity index (χ1) is 12.7. The van der Waals surface area contributed by atoms with Gasteiger partial charge in [-0.05, 0) is 54.2 Å². The molecule has 1 N–H and O–H groups in total. The Hall–Kier alpha value is -2.90. The molecule has 2 aromatic carbocycles. The summed E-state index contributed by atoms with van der Waals surface area (Å²) in [6, 6.07) is 14.8. The maximum absolute atomic E-state index is 11.2. The Morgan fingerprint density at radius 1 is 1.08 bits per heavy atom. The summed E-state index contributed by atoms with van der Waals surface area (Å²) < 4.78 is 0. The molecular weight excluding hydrogens is 342 g/mol. The van der Waals surface area contributed by atoms with Crippen LogP contribution in [0.15, 0.2) is 53.9 Å². The van der Waals surface area contributed by atoms with E-state index in [0.29, 0.717) is 5.92 Å². The van der Waals surface area contributed by atoms with Gasteiger partial charge in [-0.2, -0.15) is 0 Å². The molecule has 0 atom stereocenters. The van der Waals surface area contributed by atoms with Crippen LogP contribution >= 0.6 is 11.3 Å². The van der Waals surface area contributed by atoms with E-state index in [-0.39, 0.29) is 5.56 Å². The molecule has 4 rings (SSSR count). The maximum Gasteiger partial charge on any atom is 0.335 e. The zero-order valence-electron chi connectivity index (χ0n) is 14.1. The predicted molar refractivity (Wildman–Crippen MR) is 104 cm³/mol. The summed E-state index contributed by atoms with van der Waals surface area (Å²) in [5.74, 6) is 6.04. The normalized spacial score (nSPS) is 13.5. The number of nitrogens with zero attached hydrogens (tertiary/aromatic N) is 1. The number of carboxylic acid groups (broad SMARTS) is 1.